The van der Waals surface area contributed by atoms with Crippen molar-refractivity contribution in [2.24, 2.45) is 0 Å². The Balaban J connectivity index is 1.02. The van der Waals surface area contributed by atoms with Crippen molar-refractivity contribution in [1.82, 2.24) is 50.0 Å². The summed E-state index contributed by atoms with van der Waals surface area (Å²) in [5, 5.41) is 22.9. The number of carbonyl (C=O) groups is 2. The number of carbonyl (C=O) groups excluding carboxylic acids is 2. The quantitative estimate of drug-likeness (QED) is 0.195. The Labute approximate surface area is 307 Å². The maximum atomic E-state index is 13.0. The van der Waals surface area contributed by atoms with E-state index in [2.05, 4.69) is 63.7 Å². The molecule has 15 heteroatoms. The molecular formula is C38H43N13O2. The SMILES string of the molecule is CNC(=O)c1nnc(Nc2cc(C)nc(C)n2)cc1Nc1cccc2c1N(C)Cc1c-2cnn1C1CCN(Cc2cccc(C(=O)N3CCCC3)n2)C1. The number of hydrogen-bond donors (Lipinski definition) is 3. The molecule has 2 amide bonds. The van der Waals surface area contributed by atoms with Crippen molar-refractivity contribution < 1.29 is 9.59 Å². The van der Waals surface area contributed by atoms with Gasteiger partial charge < -0.3 is 25.8 Å². The topological polar surface area (TPSA) is 162 Å². The van der Waals surface area contributed by atoms with Gasteiger partial charge in [-0.05, 0) is 51.3 Å². The third kappa shape index (κ3) is 6.87. The Morgan fingerprint density at radius 1 is 0.887 bits per heavy atom. The summed E-state index contributed by atoms with van der Waals surface area (Å²) in [6.45, 7) is 8.49. The average molecular weight is 714 g/mol. The second-order valence-corrected chi connectivity index (χ2v) is 14.0. The Morgan fingerprint density at radius 3 is 2.53 bits per heavy atom. The Hall–Kier alpha value is -5.96. The fourth-order valence-corrected chi connectivity index (χ4v) is 7.71. The van der Waals surface area contributed by atoms with Gasteiger partial charge in [0.25, 0.3) is 11.8 Å². The van der Waals surface area contributed by atoms with Crippen molar-refractivity contribution in [3.8, 4) is 11.1 Å². The summed E-state index contributed by atoms with van der Waals surface area (Å²) in [7, 11) is 3.64. The molecule has 0 bridgehead atoms. The highest BCUT2D eigenvalue weighted by Gasteiger charge is 2.32. The Bertz CT molecular complexity index is 2170. The first-order valence-electron chi connectivity index (χ1n) is 18.1. The van der Waals surface area contributed by atoms with Gasteiger partial charge in [-0.1, -0.05) is 18.2 Å². The molecule has 5 aromatic rings. The van der Waals surface area contributed by atoms with Crippen LogP contribution in [-0.4, -0.2) is 96.8 Å². The predicted octanol–water partition coefficient (Wildman–Crippen LogP) is 4.62. The van der Waals surface area contributed by atoms with Gasteiger partial charge >= 0.3 is 0 Å². The minimum Gasteiger partial charge on any atom is -0.366 e. The van der Waals surface area contributed by atoms with Gasteiger partial charge in [0.15, 0.2) is 11.5 Å². The highest BCUT2D eigenvalue weighted by molar-refractivity contribution is 6.00. The maximum Gasteiger partial charge on any atom is 0.273 e. The van der Waals surface area contributed by atoms with E-state index in [0.717, 1.165) is 79.3 Å². The molecule has 53 heavy (non-hydrogen) atoms. The fourth-order valence-electron chi connectivity index (χ4n) is 7.71. The number of nitrogens with one attached hydrogen (secondary N) is 3. The molecule has 1 aromatic carbocycles. The zero-order chi connectivity index (χ0) is 36.6. The molecule has 0 aliphatic carbocycles. The fraction of sp³-hybridized carbons (Fsp3) is 0.368. The highest BCUT2D eigenvalue weighted by atomic mass is 16.2. The molecule has 3 N–H and O–H groups in total. The van der Waals surface area contributed by atoms with Crippen LogP contribution >= 0.6 is 0 Å². The summed E-state index contributed by atoms with van der Waals surface area (Å²) < 4.78 is 2.20. The van der Waals surface area contributed by atoms with Crippen molar-refractivity contribution >= 4 is 40.5 Å². The molecule has 0 radical (unpaired) electrons. The maximum absolute atomic E-state index is 13.0. The van der Waals surface area contributed by atoms with Crippen LogP contribution in [0.5, 0.6) is 0 Å². The number of fused-ring (bicyclic) bond motifs is 3. The van der Waals surface area contributed by atoms with Crippen LogP contribution in [0.4, 0.5) is 28.7 Å². The lowest BCUT2D eigenvalue weighted by molar-refractivity contribution is 0.0786. The first-order chi connectivity index (χ1) is 25.7. The zero-order valence-electron chi connectivity index (χ0n) is 30.4. The molecule has 3 aliphatic rings. The molecular weight excluding hydrogens is 671 g/mol. The molecule has 2 saturated heterocycles. The summed E-state index contributed by atoms with van der Waals surface area (Å²) >= 11 is 0. The van der Waals surface area contributed by atoms with Crippen molar-refractivity contribution in [3.05, 3.63) is 89.0 Å². The largest absolute Gasteiger partial charge is 0.366 e. The normalized spacial score (nSPS) is 16.7. The summed E-state index contributed by atoms with van der Waals surface area (Å²) in [6, 6.07) is 15.7. The van der Waals surface area contributed by atoms with E-state index in [-0.39, 0.29) is 23.6 Å². The predicted molar refractivity (Wildman–Crippen MR) is 202 cm³/mol. The summed E-state index contributed by atoms with van der Waals surface area (Å²) in [5.41, 5.74) is 8.07. The van der Waals surface area contributed by atoms with Gasteiger partial charge in [-0.3, -0.25) is 19.2 Å². The second-order valence-electron chi connectivity index (χ2n) is 14.0. The van der Waals surface area contributed by atoms with E-state index in [1.807, 2.05) is 61.3 Å². The van der Waals surface area contributed by atoms with Gasteiger partial charge in [-0.25, -0.2) is 15.0 Å². The number of aromatic nitrogens is 7. The summed E-state index contributed by atoms with van der Waals surface area (Å²) in [4.78, 5) is 45.9. The number of rotatable bonds is 9. The smallest absolute Gasteiger partial charge is 0.273 e. The van der Waals surface area contributed by atoms with Gasteiger partial charge in [0.05, 0.1) is 47.2 Å². The molecule has 1 unspecified atom stereocenters. The van der Waals surface area contributed by atoms with Crippen LogP contribution in [0.25, 0.3) is 11.1 Å². The van der Waals surface area contributed by atoms with Crippen LogP contribution in [0.15, 0.2) is 54.7 Å². The number of amides is 2. The lowest BCUT2D eigenvalue weighted by Crippen LogP contribution is -2.29. The minimum absolute atomic E-state index is 0.0318. The summed E-state index contributed by atoms with van der Waals surface area (Å²) in [5.74, 6) is 1.34. The number of likely N-dealkylation sites (tertiary alicyclic amines) is 2. The minimum atomic E-state index is -0.355. The van der Waals surface area contributed by atoms with Gasteiger partial charge in [0, 0.05) is 75.8 Å². The van der Waals surface area contributed by atoms with Crippen molar-refractivity contribution in [2.75, 3.05) is 55.8 Å². The second kappa shape index (κ2) is 14.2. The van der Waals surface area contributed by atoms with Crippen LogP contribution in [0.1, 0.15) is 69.2 Å². The van der Waals surface area contributed by atoms with Gasteiger partial charge in [0.1, 0.15) is 17.3 Å². The monoisotopic (exact) mass is 713 g/mol. The van der Waals surface area contributed by atoms with Crippen molar-refractivity contribution in [2.45, 2.75) is 52.2 Å². The zero-order valence-corrected chi connectivity index (χ0v) is 30.4. The molecule has 0 spiro atoms. The van der Waals surface area contributed by atoms with Crippen molar-refractivity contribution in [1.29, 1.82) is 0 Å². The van der Waals surface area contributed by atoms with Crippen molar-refractivity contribution in [3.63, 3.8) is 0 Å². The Kier molecular flexibility index (Phi) is 9.16. The number of aryl methyl sites for hydroxylation is 2. The third-order valence-electron chi connectivity index (χ3n) is 10.1. The summed E-state index contributed by atoms with van der Waals surface area (Å²) in [6.07, 6.45) is 5.07. The van der Waals surface area contributed by atoms with Crippen LogP contribution < -0.4 is 20.9 Å². The highest BCUT2D eigenvalue weighted by Crippen LogP contribution is 2.45. The lowest BCUT2D eigenvalue weighted by atomic mass is 9.97. The molecule has 272 valence electrons. The number of nitrogens with zero attached hydrogens (tertiary/aromatic N) is 10. The molecule has 7 heterocycles. The molecule has 8 rings (SSSR count). The van der Waals surface area contributed by atoms with E-state index < -0.39 is 0 Å². The molecule has 0 saturated carbocycles. The number of pyridine rings is 1. The molecule has 1 atom stereocenters. The van der Waals surface area contributed by atoms with E-state index in [1.165, 1.54) is 5.69 Å². The van der Waals surface area contributed by atoms with E-state index in [1.54, 1.807) is 13.1 Å². The standard InChI is InChI=1S/C38H43N13O2/c1-23-17-33(42-24(2)41-23)45-34-18-31(35(47-46-34)37(52)39-3)44-29-11-8-10-27-28-19-40-51(32(28)22-48(4)36(27)29)26-13-16-49(21-26)20-25-9-7-12-30(43-25)38(53)50-14-5-6-15-50/h7-12,17-19,26H,5-6,13-16,20-22H2,1-4H3,(H,39,52)(H2,41,42,44,45,46). The molecule has 15 nitrogen and oxygen atoms in total. The molecule has 2 fully saturated rings. The van der Waals surface area contributed by atoms with Gasteiger partial charge in [-0.15, -0.1) is 10.2 Å². The number of anilines is 5. The van der Waals surface area contributed by atoms with Gasteiger partial charge in [0.2, 0.25) is 0 Å². The van der Waals surface area contributed by atoms with Crippen LogP contribution in [-0.2, 0) is 13.1 Å². The molecule has 3 aliphatic heterocycles. The van der Waals surface area contributed by atoms with Gasteiger partial charge in [-0.2, -0.15) is 5.10 Å². The number of para-hydroxylation sites is 1. The number of hydrogen-bond acceptors (Lipinski definition) is 12. The number of benzene rings is 1. The third-order valence-corrected chi connectivity index (χ3v) is 10.1. The first-order valence-corrected chi connectivity index (χ1v) is 18.1. The first kappa shape index (κ1) is 34.1. The van der Waals surface area contributed by atoms with E-state index in [0.29, 0.717) is 41.9 Å². The average Bonchev–Trinajstić information content (AvgIpc) is 3.93. The molecule has 4 aromatic heterocycles. The Morgan fingerprint density at radius 2 is 1.72 bits per heavy atom. The van der Waals surface area contributed by atoms with Crippen LogP contribution in [0.2, 0.25) is 0 Å². The van der Waals surface area contributed by atoms with E-state index in [9.17, 15) is 9.59 Å². The van der Waals surface area contributed by atoms with E-state index >= 15 is 0 Å². The lowest BCUT2D eigenvalue weighted by Gasteiger charge is -2.31. The van der Waals surface area contributed by atoms with Crippen LogP contribution in [0, 0.1) is 13.8 Å². The van der Waals surface area contributed by atoms with E-state index in [4.69, 9.17) is 10.1 Å². The van der Waals surface area contributed by atoms with Crippen LogP contribution in [0.3, 0.4) is 0 Å².